The Labute approximate surface area is 123 Å². The fraction of sp³-hybridized carbons (Fsp3) is 0.500. The fourth-order valence-corrected chi connectivity index (χ4v) is 3.01. The van der Waals surface area contributed by atoms with Crippen LogP contribution in [0.3, 0.4) is 0 Å². The highest BCUT2D eigenvalue weighted by atomic mass is 19.1. The van der Waals surface area contributed by atoms with Gasteiger partial charge in [-0.3, -0.25) is 9.59 Å². The summed E-state index contributed by atoms with van der Waals surface area (Å²) >= 11 is 0. The summed E-state index contributed by atoms with van der Waals surface area (Å²) in [5.74, 6) is -0.882. The Hall–Kier alpha value is -1.91. The summed E-state index contributed by atoms with van der Waals surface area (Å²) in [5, 5.41) is 2.65. The van der Waals surface area contributed by atoms with E-state index in [4.69, 9.17) is 0 Å². The molecule has 1 N–H and O–H groups in total. The van der Waals surface area contributed by atoms with Crippen molar-refractivity contribution in [3.63, 3.8) is 0 Å². The zero-order chi connectivity index (χ0) is 14.8. The van der Waals surface area contributed by atoms with E-state index in [1.165, 1.54) is 6.07 Å². The van der Waals surface area contributed by atoms with E-state index in [0.29, 0.717) is 31.6 Å². The van der Waals surface area contributed by atoms with E-state index in [1.54, 1.807) is 11.0 Å². The maximum atomic E-state index is 14.2. The maximum Gasteiger partial charge on any atom is 0.256 e. The van der Waals surface area contributed by atoms with E-state index in [0.717, 1.165) is 31.2 Å². The summed E-state index contributed by atoms with van der Waals surface area (Å²) in [7, 11) is 0. The summed E-state index contributed by atoms with van der Waals surface area (Å²) in [6.07, 6.45) is 5.16. The molecule has 2 aliphatic rings. The third-order valence-electron chi connectivity index (χ3n) is 4.21. The Morgan fingerprint density at radius 1 is 1.10 bits per heavy atom. The number of halogens is 1. The number of likely N-dealkylation sites (tertiary alicyclic amines) is 1. The van der Waals surface area contributed by atoms with Crippen molar-refractivity contribution in [2.75, 3.05) is 18.4 Å². The van der Waals surface area contributed by atoms with Gasteiger partial charge in [-0.2, -0.15) is 0 Å². The number of anilines is 1. The van der Waals surface area contributed by atoms with Gasteiger partial charge in [0.1, 0.15) is 5.82 Å². The number of benzene rings is 1. The van der Waals surface area contributed by atoms with Crippen LogP contribution in [0, 0.1) is 5.82 Å². The topological polar surface area (TPSA) is 49.4 Å². The van der Waals surface area contributed by atoms with Crippen molar-refractivity contribution in [1.82, 2.24) is 4.90 Å². The minimum absolute atomic E-state index is 0.103. The second-order valence-electron chi connectivity index (χ2n) is 5.74. The summed E-state index contributed by atoms with van der Waals surface area (Å²) in [4.78, 5) is 25.6. The van der Waals surface area contributed by atoms with Crippen molar-refractivity contribution < 1.29 is 14.0 Å². The number of amides is 2. The van der Waals surface area contributed by atoms with Gasteiger partial charge in [0.15, 0.2) is 0 Å². The van der Waals surface area contributed by atoms with E-state index in [1.807, 2.05) is 0 Å². The van der Waals surface area contributed by atoms with Crippen molar-refractivity contribution >= 4 is 17.5 Å². The molecule has 112 valence electrons. The highest BCUT2D eigenvalue weighted by Crippen LogP contribution is 2.27. The van der Waals surface area contributed by atoms with Crippen molar-refractivity contribution in [2.45, 2.75) is 38.5 Å². The van der Waals surface area contributed by atoms with Gasteiger partial charge < -0.3 is 10.2 Å². The molecule has 0 radical (unpaired) electrons. The zero-order valence-electron chi connectivity index (χ0n) is 12.0. The van der Waals surface area contributed by atoms with Crippen LogP contribution in [0.4, 0.5) is 10.1 Å². The van der Waals surface area contributed by atoms with Crippen molar-refractivity contribution in [3.8, 4) is 0 Å². The number of hydrogen-bond donors (Lipinski definition) is 1. The van der Waals surface area contributed by atoms with Gasteiger partial charge in [0, 0.05) is 25.2 Å². The summed E-state index contributed by atoms with van der Waals surface area (Å²) in [5.41, 5.74) is 1.47. The third-order valence-corrected chi connectivity index (χ3v) is 4.21. The van der Waals surface area contributed by atoms with Crippen LogP contribution in [0.5, 0.6) is 0 Å². The number of nitrogens with zero attached hydrogens (tertiary/aromatic N) is 1. The molecule has 1 saturated heterocycles. The molecule has 3 rings (SSSR count). The smallest absolute Gasteiger partial charge is 0.256 e. The second-order valence-corrected chi connectivity index (χ2v) is 5.74. The molecule has 1 fully saturated rings. The molecule has 0 bridgehead atoms. The molecule has 5 heteroatoms. The number of carbonyl (C=O) groups is 2. The molecule has 0 spiro atoms. The monoisotopic (exact) mass is 290 g/mol. The van der Waals surface area contributed by atoms with Gasteiger partial charge in [-0.25, -0.2) is 4.39 Å². The molecule has 0 saturated carbocycles. The van der Waals surface area contributed by atoms with E-state index in [2.05, 4.69) is 5.32 Å². The van der Waals surface area contributed by atoms with Crippen LogP contribution in [0.1, 0.15) is 48.0 Å². The number of rotatable bonds is 1. The summed E-state index contributed by atoms with van der Waals surface area (Å²) in [6, 6.07) is 2.88. The lowest BCUT2D eigenvalue weighted by Crippen LogP contribution is -2.32. The molecule has 0 aromatic heterocycles. The molecule has 2 aliphatic heterocycles. The molecule has 1 aromatic carbocycles. The van der Waals surface area contributed by atoms with E-state index < -0.39 is 5.82 Å². The van der Waals surface area contributed by atoms with Crippen LogP contribution in [-0.4, -0.2) is 29.8 Å². The van der Waals surface area contributed by atoms with Gasteiger partial charge >= 0.3 is 0 Å². The first-order valence-electron chi connectivity index (χ1n) is 7.57. The van der Waals surface area contributed by atoms with Gasteiger partial charge in [-0.05, 0) is 37.0 Å². The van der Waals surface area contributed by atoms with Crippen LogP contribution in [0.15, 0.2) is 12.1 Å². The maximum absolute atomic E-state index is 14.2. The lowest BCUT2D eigenvalue weighted by Gasteiger charge is -2.23. The van der Waals surface area contributed by atoms with Gasteiger partial charge in [0.25, 0.3) is 5.91 Å². The lowest BCUT2D eigenvalue weighted by molar-refractivity contribution is -0.116. The lowest BCUT2D eigenvalue weighted by atomic mass is 9.99. The minimum atomic E-state index is -0.551. The van der Waals surface area contributed by atoms with Crippen molar-refractivity contribution in [1.29, 1.82) is 0 Å². The first kappa shape index (κ1) is 14.0. The van der Waals surface area contributed by atoms with E-state index in [9.17, 15) is 14.0 Å². The predicted molar refractivity (Wildman–Crippen MR) is 77.7 cm³/mol. The first-order chi connectivity index (χ1) is 10.1. The van der Waals surface area contributed by atoms with Crippen LogP contribution >= 0.6 is 0 Å². The molecule has 0 aliphatic carbocycles. The Morgan fingerprint density at radius 3 is 2.52 bits per heavy atom. The first-order valence-corrected chi connectivity index (χ1v) is 7.57. The Balaban J connectivity index is 1.87. The average molecular weight is 290 g/mol. The van der Waals surface area contributed by atoms with E-state index in [-0.39, 0.29) is 17.4 Å². The summed E-state index contributed by atoms with van der Waals surface area (Å²) < 4.78 is 14.2. The molecular formula is C16H19FN2O2. The normalized spacial score (nSPS) is 18.7. The minimum Gasteiger partial charge on any atom is -0.339 e. The highest BCUT2D eigenvalue weighted by Gasteiger charge is 2.24. The molecule has 2 amide bonds. The van der Waals surface area contributed by atoms with Crippen molar-refractivity contribution in [2.24, 2.45) is 0 Å². The third kappa shape index (κ3) is 2.91. The van der Waals surface area contributed by atoms with Crippen LogP contribution < -0.4 is 5.32 Å². The molecule has 21 heavy (non-hydrogen) atoms. The quantitative estimate of drug-likeness (QED) is 0.864. The van der Waals surface area contributed by atoms with E-state index >= 15 is 0 Å². The Morgan fingerprint density at radius 2 is 1.81 bits per heavy atom. The molecular weight excluding hydrogens is 271 g/mol. The molecule has 0 unspecified atom stereocenters. The van der Waals surface area contributed by atoms with Crippen LogP contribution in [0.25, 0.3) is 0 Å². The second kappa shape index (κ2) is 5.84. The largest absolute Gasteiger partial charge is 0.339 e. The number of hydrogen-bond acceptors (Lipinski definition) is 2. The summed E-state index contributed by atoms with van der Waals surface area (Å²) in [6.45, 7) is 1.40. The molecule has 1 aromatic rings. The Kier molecular flexibility index (Phi) is 3.90. The highest BCUT2D eigenvalue weighted by molar-refractivity contribution is 5.98. The molecule has 0 atom stereocenters. The number of nitrogens with one attached hydrogen (secondary N) is 1. The standard InChI is InChI=1S/C16H19FN2O2/c17-13-10-14-11(5-6-15(20)18-14)9-12(13)16(21)19-7-3-1-2-4-8-19/h9-10H,1-8H2,(H,18,20). The fourth-order valence-electron chi connectivity index (χ4n) is 3.01. The average Bonchev–Trinajstić information content (AvgIpc) is 2.74. The van der Waals surface area contributed by atoms with Crippen LogP contribution in [-0.2, 0) is 11.2 Å². The molecule has 2 heterocycles. The number of aryl methyl sites for hydroxylation is 1. The van der Waals surface area contributed by atoms with Gasteiger partial charge in [-0.1, -0.05) is 12.8 Å². The van der Waals surface area contributed by atoms with Gasteiger partial charge in [0.05, 0.1) is 5.56 Å². The van der Waals surface area contributed by atoms with Gasteiger partial charge in [-0.15, -0.1) is 0 Å². The zero-order valence-corrected chi connectivity index (χ0v) is 12.0. The van der Waals surface area contributed by atoms with Crippen LogP contribution in [0.2, 0.25) is 0 Å². The SMILES string of the molecule is O=C1CCc2cc(C(=O)N3CCCCCC3)c(F)cc2N1. The Bertz CT molecular complexity index is 578. The van der Waals surface area contributed by atoms with Gasteiger partial charge in [0.2, 0.25) is 5.91 Å². The number of carbonyl (C=O) groups excluding carboxylic acids is 2. The molecule has 4 nitrogen and oxygen atoms in total. The number of fused-ring (bicyclic) bond motifs is 1. The van der Waals surface area contributed by atoms with Crippen molar-refractivity contribution in [3.05, 3.63) is 29.1 Å². The predicted octanol–water partition coefficient (Wildman–Crippen LogP) is 2.73.